The fraction of sp³-hybridized carbons (Fsp3) is 0.833. The molecule has 2 aliphatic heterocycles. The van der Waals surface area contributed by atoms with E-state index in [1.807, 2.05) is 0 Å². The van der Waals surface area contributed by atoms with Crippen molar-refractivity contribution in [1.29, 1.82) is 0 Å². The van der Waals surface area contributed by atoms with Crippen molar-refractivity contribution in [1.82, 2.24) is 15.5 Å². The summed E-state index contributed by atoms with van der Waals surface area (Å²) in [5.41, 5.74) is 0. The molecule has 2 heterocycles. The zero-order valence-electron chi connectivity index (χ0n) is 10.5. The SMILES string of the molecule is C[C@H]1C[C@@H](C(=O)NC2CC(=O)N(C)C2)CCN1. The summed E-state index contributed by atoms with van der Waals surface area (Å²) < 4.78 is 0. The largest absolute Gasteiger partial charge is 0.351 e. The molecule has 3 atom stereocenters. The number of nitrogens with zero attached hydrogens (tertiary/aromatic N) is 1. The van der Waals surface area contributed by atoms with E-state index in [2.05, 4.69) is 17.6 Å². The first kappa shape index (κ1) is 12.4. The third kappa shape index (κ3) is 2.97. The smallest absolute Gasteiger partial charge is 0.224 e. The fourth-order valence-corrected chi connectivity index (χ4v) is 2.65. The molecule has 0 spiro atoms. The topological polar surface area (TPSA) is 61.4 Å². The highest BCUT2D eigenvalue weighted by molar-refractivity contribution is 5.83. The molecule has 2 rings (SSSR count). The Labute approximate surface area is 102 Å². The van der Waals surface area contributed by atoms with E-state index in [-0.39, 0.29) is 23.8 Å². The Bertz CT molecular complexity index is 319. The van der Waals surface area contributed by atoms with Crippen LogP contribution in [0.4, 0.5) is 0 Å². The first-order valence-corrected chi connectivity index (χ1v) is 6.34. The molecule has 0 aliphatic carbocycles. The zero-order valence-corrected chi connectivity index (χ0v) is 10.5. The van der Waals surface area contributed by atoms with E-state index in [0.29, 0.717) is 19.0 Å². The third-order valence-corrected chi connectivity index (χ3v) is 3.68. The van der Waals surface area contributed by atoms with Gasteiger partial charge in [0.1, 0.15) is 0 Å². The molecule has 1 unspecified atom stereocenters. The minimum absolute atomic E-state index is 0.00481. The van der Waals surface area contributed by atoms with Crippen LogP contribution < -0.4 is 10.6 Å². The van der Waals surface area contributed by atoms with E-state index < -0.39 is 0 Å². The van der Waals surface area contributed by atoms with Gasteiger partial charge >= 0.3 is 0 Å². The Kier molecular flexibility index (Phi) is 3.66. The maximum absolute atomic E-state index is 12.0. The predicted molar refractivity (Wildman–Crippen MR) is 64.4 cm³/mol. The van der Waals surface area contributed by atoms with Gasteiger partial charge in [-0.25, -0.2) is 0 Å². The molecule has 2 fully saturated rings. The van der Waals surface area contributed by atoms with Crippen LogP contribution in [0, 0.1) is 5.92 Å². The summed E-state index contributed by atoms with van der Waals surface area (Å²) in [7, 11) is 1.78. The van der Waals surface area contributed by atoms with Crippen molar-refractivity contribution in [3.05, 3.63) is 0 Å². The summed E-state index contributed by atoms with van der Waals surface area (Å²) >= 11 is 0. The molecule has 0 aromatic heterocycles. The summed E-state index contributed by atoms with van der Waals surface area (Å²) in [6, 6.07) is 0.414. The highest BCUT2D eigenvalue weighted by Gasteiger charge is 2.31. The second-order valence-corrected chi connectivity index (χ2v) is 5.26. The van der Waals surface area contributed by atoms with Crippen molar-refractivity contribution in [3.63, 3.8) is 0 Å². The van der Waals surface area contributed by atoms with Crippen molar-refractivity contribution >= 4 is 11.8 Å². The Balaban J connectivity index is 1.83. The van der Waals surface area contributed by atoms with Gasteiger partial charge in [0, 0.05) is 32.0 Å². The number of likely N-dealkylation sites (tertiary alicyclic amines) is 1. The fourth-order valence-electron chi connectivity index (χ4n) is 2.65. The average molecular weight is 239 g/mol. The molecule has 2 N–H and O–H groups in total. The van der Waals surface area contributed by atoms with E-state index in [4.69, 9.17) is 0 Å². The van der Waals surface area contributed by atoms with Crippen LogP contribution in [0.2, 0.25) is 0 Å². The lowest BCUT2D eigenvalue weighted by Gasteiger charge is -2.28. The quantitative estimate of drug-likeness (QED) is 0.697. The Hall–Kier alpha value is -1.10. The molecule has 5 nitrogen and oxygen atoms in total. The number of likely N-dealkylation sites (N-methyl/N-ethyl adjacent to an activating group) is 1. The lowest BCUT2D eigenvalue weighted by molar-refractivity contribution is -0.126. The molecule has 0 saturated carbocycles. The molecule has 0 aromatic rings. The van der Waals surface area contributed by atoms with Crippen molar-refractivity contribution in [2.75, 3.05) is 20.1 Å². The number of carbonyl (C=O) groups excluding carboxylic acids is 2. The van der Waals surface area contributed by atoms with E-state index in [1.165, 1.54) is 0 Å². The molecule has 5 heteroatoms. The number of piperidine rings is 1. The molecule has 96 valence electrons. The summed E-state index contributed by atoms with van der Waals surface area (Å²) in [5.74, 6) is 0.340. The standard InChI is InChI=1S/C12H21N3O2/c1-8-5-9(3-4-13-8)12(17)14-10-6-11(16)15(2)7-10/h8-10,13H,3-7H2,1-2H3,(H,14,17)/t8-,9-,10?/m0/s1. The minimum atomic E-state index is 0.00481. The Morgan fingerprint density at radius 2 is 2.29 bits per heavy atom. The lowest BCUT2D eigenvalue weighted by atomic mass is 9.92. The van der Waals surface area contributed by atoms with E-state index >= 15 is 0 Å². The van der Waals surface area contributed by atoms with Gasteiger partial charge in [-0.05, 0) is 26.3 Å². The number of hydrogen-bond acceptors (Lipinski definition) is 3. The van der Waals surface area contributed by atoms with E-state index in [1.54, 1.807) is 11.9 Å². The van der Waals surface area contributed by atoms with Gasteiger partial charge in [-0.2, -0.15) is 0 Å². The Morgan fingerprint density at radius 1 is 1.53 bits per heavy atom. The van der Waals surface area contributed by atoms with Crippen molar-refractivity contribution in [2.45, 2.75) is 38.3 Å². The van der Waals surface area contributed by atoms with Crippen LogP contribution in [-0.4, -0.2) is 48.9 Å². The lowest BCUT2D eigenvalue weighted by Crippen LogP contribution is -2.45. The molecule has 2 saturated heterocycles. The van der Waals surface area contributed by atoms with Crippen LogP contribution >= 0.6 is 0 Å². The summed E-state index contributed by atoms with van der Waals surface area (Å²) in [4.78, 5) is 25.1. The molecule has 17 heavy (non-hydrogen) atoms. The summed E-state index contributed by atoms with van der Waals surface area (Å²) in [6.07, 6.45) is 2.23. The van der Waals surface area contributed by atoms with Crippen molar-refractivity contribution in [3.8, 4) is 0 Å². The molecular formula is C12H21N3O2. The predicted octanol–water partition coefficient (Wildman–Crippen LogP) is -0.279. The van der Waals surface area contributed by atoms with Gasteiger partial charge in [0.25, 0.3) is 0 Å². The van der Waals surface area contributed by atoms with Gasteiger partial charge < -0.3 is 15.5 Å². The van der Waals surface area contributed by atoms with Crippen LogP contribution in [0.5, 0.6) is 0 Å². The van der Waals surface area contributed by atoms with Crippen LogP contribution in [0.3, 0.4) is 0 Å². The van der Waals surface area contributed by atoms with Gasteiger partial charge in [-0.15, -0.1) is 0 Å². The monoisotopic (exact) mass is 239 g/mol. The van der Waals surface area contributed by atoms with Crippen LogP contribution in [0.15, 0.2) is 0 Å². The highest BCUT2D eigenvalue weighted by atomic mass is 16.2. The molecule has 2 aliphatic rings. The normalized spacial score (nSPS) is 33.9. The molecule has 0 aromatic carbocycles. The van der Waals surface area contributed by atoms with Crippen LogP contribution in [0.1, 0.15) is 26.2 Å². The maximum Gasteiger partial charge on any atom is 0.224 e. The van der Waals surface area contributed by atoms with E-state index in [0.717, 1.165) is 19.4 Å². The van der Waals surface area contributed by atoms with E-state index in [9.17, 15) is 9.59 Å². The third-order valence-electron chi connectivity index (χ3n) is 3.68. The van der Waals surface area contributed by atoms with Crippen molar-refractivity contribution in [2.24, 2.45) is 5.92 Å². The summed E-state index contributed by atoms with van der Waals surface area (Å²) in [5, 5.41) is 6.33. The number of amides is 2. The van der Waals surface area contributed by atoms with Crippen molar-refractivity contribution < 1.29 is 9.59 Å². The highest BCUT2D eigenvalue weighted by Crippen LogP contribution is 2.17. The number of nitrogens with one attached hydrogen (secondary N) is 2. The number of rotatable bonds is 2. The Morgan fingerprint density at radius 3 is 2.88 bits per heavy atom. The summed E-state index contributed by atoms with van der Waals surface area (Å²) in [6.45, 7) is 3.65. The van der Waals surface area contributed by atoms with Gasteiger partial charge in [0.15, 0.2) is 0 Å². The second-order valence-electron chi connectivity index (χ2n) is 5.26. The first-order valence-electron chi connectivity index (χ1n) is 6.34. The van der Waals surface area contributed by atoms with Crippen LogP contribution in [-0.2, 0) is 9.59 Å². The van der Waals surface area contributed by atoms with Gasteiger partial charge in [-0.1, -0.05) is 0 Å². The van der Waals surface area contributed by atoms with Crippen LogP contribution in [0.25, 0.3) is 0 Å². The molecule has 0 bridgehead atoms. The molecule has 2 amide bonds. The zero-order chi connectivity index (χ0) is 12.4. The average Bonchev–Trinajstić information content (AvgIpc) is 2.58. The minimum Gasteiger partial charge on any atom is -0.351 e. The first-order chi connectivity index (χ1) is 8.06. The number of carbonyl (C=O) groups is 2. The second kappa shape index (κ2) is 5.04. The molecular weight excluding hydrogens is 218 g/mol. The van der Waals surface area contributed by atoms with Gasteiger partial charge in [-0.3, -0.25) is 9.59 Å². The number of hydrogen-bond donors (Lipinski definition) is 2. The van der Waals surface area contributed by atoms with Gasteiger partial charge in [0.2, 0.25) is 11.8 Å². The molecule has 0 radical (unpaired) electrons. The maximum atomic E-state index is 12.0. The van der Waals surface area contributed by atoms with Gasteiger partial charge in [0.05, 0.1) is 6.04 Å².